The van der Waals surface area contributed by atoms with Crippen LogP contribution in [0.15, 0.2) is 12.4 Å². The number of hydrogen-bond donors (Lipinski definition) is 0. The maximum atomic E-state index is 12.7. The molecule has 8 heteroatoms. The smallest absolute Gasteiger partial charge is 0.309 e. The Morgan fingerprint density at radius 2 is 1.92 bits per heavy atom. The fourth-order valence-corrected chi connectivity index (χ4v) is 3.17. The first kappa shape index (κ1) is 17.6. The lowest BCUT2D eigenvalue weighted by atomic mass is 9.97. The number of rotatable bonds is 4. The summed E-state index contributed by atoms with van der Waals surface area (Å²) >= 11 is 0. The average Bonchev–Trinajstić information content (AvgIpc) is 2.68. The van der Waals surface area contributed by atoms with Gasteiger partial charge in [-0.15, -0.1) is 0 Å². The number of morpholine rings is 1. The molecule has 25 heavy (non-hydrogen) atoms. The van der Waals surface area contributed by atoms with Gasteiger partial charge in [-0.05, 0) is 19.8 Å². The molecule has 0 spiro atoms. The van der Waals surface area contributed by atoms with Crippen LogP contribution in [0.3, 0.4) is 0 Å². The van der Waals surface area contributed by atoms with Crippen LogP contribution >= 0.6 is 0 Å². The van der Waals surface area contributed by atoms with Crippen LogP contribution in [0.1, 0.15) is 30.3 Å². The van der Waals surface area contributed by atoms with E-state index in [4.69, 9.17) is 9.47 Å². The van der Waals surface area contributed by atoms with Crippen LogP contribution in [0, 0.1) is 5.92 Å². The van der Waals surface area contributed by atoms with Crippen molar-refractivity contribution in [2.24, 2.45) is 5.92 Å². The molecule has 0 N–H and O–H groups in total. The molecule has 1 aromatic heterocycles. The van der Waals surface area contributed by atoms with Crippen LogP contribution in [0.5, 0.6) is 0 Å². The fraction of sp³-hybridized carbons (Fsp3) is 0.647. The second kappa shape index (κ2) is 8.24. The summed E-state index contributed by atoms with van der Waals surface area (Å²) in [5.41, 5.74) is 0.395. The van der Waals surface area contributed by atoms with Crippen molar-refractivity contribution >= 4 is 17.7 Å². The Bertz CT molecular complexity index is 610. The van der Waals surface area contributed by atoms with Gasteiger partial charge in [0.05, 0.1) is 25.7 Å². The number of esters is 1. The van der Waals surface area contributed by atoms with Crippen molar-refractivity contribution in [3.63, 3.8) is 0 Å². The van der Waals surface area contributed by atoms with Gasteiger partial charge in [0.1, 0.15) is 17.8 Å². The predicted molar refractivity (Wildman–Crippen MR) is 90.3 cm³/mol. The van der Waals surface area contributed by atoms with E-state index in [9.17, 15) is 9.59 Å². The fourth-order valence-electron chi connectivity index (χ4n) is 3.17. The van der Waals surface area contributed by atoms with E-state index in [2.05, 4.69) is 14.9 Å². The number of carbonyl (C=O) groups is 2. The van der Waals surface area contributed by atoms with Crippen molar-refractivity contribution < 1.29 is 19.1 Å². The molecule has 0 aromatic carbocycles. The summed E-state index contributed by atoms with van der Waals surface area (Å²) < 4.78 is 10.4. The van der Waals surface area contributed by atoms with E-state index in [0.29, 0.717) is 51.4 Å². The molecule has 2 fully saturated rings. The van der Waals surface area contributed by atoms with E-state index < -0.39 is 0 Å². The molecule has 3 heterocycles. The lowest BCUT2D eigenvalue weighted by Gasteiger charge is -2.31. The minimum atomic E-state index is -0.161. The molecule has 2 aliphatic heterocycles. The van der Waals surface area contributed by atoms with Crippen LogP contribution in [0.25, 0.3) is 0 Å². The molecular formula is C17H24N4O4. The van der Waals surface area contributed by atoms with E-state index in [-0.39, 0.29) is 17.8 Å². The number of aromatic nitrogens is 2. The quantitative estimate of drug-likeness (QED) is 0.742. The van der Waals surface area contributed by atoms with Gasteiger partial charge in [0.15, 0.2) is 0 Å². The van der Waals surface area contributed by atoms with Gasteiger partial charge in [-0.1, -0.05) is 0 Å². The van der Waals surface area contributed by atoms with E-state index in [0.717, 1.165) is 18.9 Å². The van der Waals surface area contributed by atoms with E-state index >= 15 is 0 Å². The third-order valence-corrected chi connectivity index (χ3v) is 4.61. The highest BCUT2D eigenvalue weighted by Gasteiger charge is 2.29. The zero-order chi connectivity index (χ0) is 17.6. The van der Waals surface area contributed by atoms with Gasteiger partial charge in [-0.3, -0.25) is 9.59 Å². The lowest BCUT2D eigenvalue weighted by molar-refractivity contribution is -0.149. The standard InChI is InChI=1S/C17H24N4O4/c1-2-25-17(23)13-3-5-21(6-4-13)16(22)14-11-15(19-12-18-14)20-7-9-24-10-8-20/h11-13H,2-10H2,1H3. The van der Waals surface area contributed by atoms with Crippen molar-refractivity contribution in [2.75, 3.05) is 50.9 Å². The molecule has 2 saturated heterocycles. The normalized spacial score (nSPS) is 18.9. The Morgan fingerprint density at radius 1 is 1.20 bits per heavy atom. The summed E-state index contributed by atoms with van der Waals surface area (Å²) in [5, 5.41) is 0. The largest absolute Gasteiger partial charge is 0.466 e. The Hall–Kier alpha value is -2.22. The lowest BCUT2D eigenvalue weighted by Crippen LogP contribution is -2.41. The van der Waals surface area contributed by atoms with Crippen LogP contribution in [-0.2, 0) is 14.3 Å². The summed E-state index contributed by atoms with van der Waals surface area (Å²) in [5.74, 6) is 0.367. The molecule has 0 unspecified atom stereocenters. The Morgan fingerprint density at radius 3 is 2.60 bits per heavy atom. The van der Waals surface area contributed by atoms with E-state index in [1.807, 2.05) is 0 Å². The summed E-state index contributed by atoms with van der Waals surface area (Å²) in [6, 6.07) is 1.74. The van der Waals surface area contributed by atoms with Crippen molar-refractivity contribution in [1.82, 2.24) is 14.9 Å². The van der Waals surface area contributed by atoms with Gasteiger partial charge in [0, 0.05) is 32.2 Å². The molecule has 1 aromatic rings. The highest BCUT2D eigenvalue weighted by Crippen LogP contribution is 2.21. The third kappa shape index (κ3) is 4.25. The first-order valence-corrected chi connectivity index (χ1v) is 8.79. The Labute approximate surface area is 147 Å². The molecule has 0 bridgehead atoms. The van der Waals surface area contributed by atoms with Gasteiger partial charge in [0.2, 0.25) is 0 Å². The number of amides is 1. The van der Waals surface area contributed by atoms with Gasteiger partial charge in [-0.25, -0.2) is 9.97 Å². The molecule has 0 radical (unpaired) electrons. The monoisotopic (exact) mass is 348 g/mol. The van der Waals surface area contributed by atoms with Crippen molar-refractivity contribution in [3.05, 3.63) is 18.1 Å². The Kier molecular flexibility index (Phi) is 5.80. The second-order valence-corrected chi connectivity index (χ2v) is 6.18. The molecule has 2 aliphatic rings. The molecule has 136 valence electrons. The van der Waals surface area contributed by atoms with Crippen LogP contribution in [0.2, 0.25) is 0 Å². The first-order chi connectivity index (χ1) is 12.2. The third-order valence-electron chi connectivity index (χ3n) is 4.61. The van der Waals surface area contributed by atoms with Crippen LogP contribution < -0.4 is 4.90 Å². The van der Waals surface area contributed by atoms with Crippen molar-refractivity contribution in [2.45, 2.75) is 19.8 Å². The van der Waals surface area contributed by atoms with Crippen LogP contribution in [0.4, 0.5) is 5.82 Å². The summed E-state index contributed by atoms with van der Waals surface area (Å²) in [6.07, 6.45) is 2.70. The molecule has 1 amide bonds. The Balaban J connectivity index is 1.61. The minimum absolute atomic E-state index is 0.112. The van der Waals surface area contributed by atoms with E-state index in [1.165, 1.54) is 6.33 Å². The topological polar surface area (TPSA) is 84.9 Å². The number of anilines is 1. The summed E-state index contributed by atoms with van der Waals surface area (Å²) in [4.78, 5) is 36.8. The molecule has 8 nitrogen and oxygen atoms in total. The first-order valence-electron chi connectivity index (χ1n) is 8.79. The number of carbonyl (C=O) groups excluding carboxylic acids is 2. The zero-order valence-electron chi connectivity index (χ0n) is 14.5. The maximum Gasteiger partial charge on any atom is 0.309 e. The summed E-state index contributed by atoms with van der Waals surface area (Å²) in [6.45, 7) is 6.12. The summed E-state index contributed by atoms with van der Waals surface area (Å²) in [7, 11) is 0. The highest BCUT2D eigenvalue weighted by molar-refractivity contribution is 5.93. The molecule has 0 atom stereocenters. The second-order valence-electron chi connectivity index (χ2n) is 6.18. The number of hydrogen-bond acceptors (Lipinski definition) is 7. The van der Waals surface area contributed by atoms with E-state index in [1.54, 1.807) is 17.9 Å². The molecule has 0 saturated carbocycles. The van der Waals surface area contributed by atoms with Crippen LogP contribution in [-0.4, -0.2) is 72.7 Å². The average molecular weight is 348 g/mol. The number of piperidine rings is 1. The number of nitrogens with zero attached hydrogens (tertiary/aromatic N) is 4. The van der Waals surface area contributed by atoms with Gasteiger partial charge in [0.25, 0.3) is 5.91 Å². The molecular weight excluding hydrogens is 324 g/mol. The highest BCUT2D eigenvalue weighted by atomic mass is 16.5. The number of likely N-dealkylation sites (tertiary alicyclic amines) is 1. The molecule has 3 rings (SSSR count). The SMILES string of the molecule is CCOC(=O)C1CCN(C(=O)c2cc(N3CCOCC3)ncn2)CC1. The predicted octanol–water partition coefficient (Wildman–Crippen LogP) is 0.728. The van der Waals surface area contributed by atoms with Crippen molar-refractivity contribution in [3.8, 4) is 0 Å². The van der Waals surface area contributed by atoms with Gasteiger partial charge < -0.3 is 19.3 Å². The maximum absolute atomic E-state index is 12.7. The minimum Gasteiger partial charge on any atom is -0.466 e. The molecule has 0 aliphatic carbocycles. The van der Waals surface area contributed by atoms with Gasteiger partial charge >= 0.3 is 5.97 Å². The van der Waals surface area contributed by atoms with Gasteiger partial charge in [-0.2, -0.15) is 0 Å². The zero-order valence-corrected chi connectivity index (χ0v) is 14.5. The van der Waals surface area contributed by atoms with Crippen molar-refractivity contribution in [1.29, 1.82) is 0 Å². The number of ether oxygens (including phenoxy) is 2.